The van der Waals surface area contributed by atoms with Gasteiger partial charge in [-0.1, -0.05) is 38.0 Å². The Morgan fingerprint density at radius 2 is 1.96 bits per heavy atom. The first-order chi connectivity index (χ1) is 10.7. The summed E-state index contributed by atoms with van der Waals surface area (Å²) in [4.78, 5) is 11.9. The fourth-order valence-corrected chi connectivity index (χ4v) is 2.50. The molecular formula is C18H28FNO3. The Labute approximate surface area is 138 Å². The fourth-order valence-electron chi connectivity index (χ4n) is 2.50. The molecule has 0 aliphatic carbocycles. The molecule has 1 aromatic rings. The van der Waals surface area contributed by atoms with Crippen molar-refractivity contribution in [3.8, 4) is 0 Å². The summed E-state index contributed by atoms with van der Waals surface area (Å²) >= 11 is 0. The van der Waals surface area contributed by atoms with E-state index in [-0.39, 0.29) is 19.0 Å². The Kier molecular flexibility index (Phi) is 7.01. The second-order valence-electron chi connectivity index (χ2n) is 6.88. The average Bonchev–Trinajstić information content (AvgIpc) is 2.47. The van der Waals surface area contributed by atoms with Crippen LogP contribution in [0, 0.1) is 5.82 Å². The molecule has 0 heterocycles. The van der Waals surface area contributed by atoms with Gasteiger partial charge in [0.05, 0.1) is 6.61 Å². The third kappa shape index (κ3) is 5.82. The SMILES string of the molecule is CCCCC(CO)(CNC(=O)OC(C)(C)C)c1ccccc1F. The van der Waals surface area contributed by atoms with Crippen LogP contribution in [-0.4, -0.2) is 30.0 Å². The molecule has 0 bridgehead atoms. The minimum absolute atomic E-state index is 0.124. The molecule has 1 unspecified atom stereocenters. The summed E-state index contributed by atoms with van der Waals surface area (Å²) < 4.78 is 19.5. The number of alkyl carbamates (subject to hydrolysis) is 1. The summed E-state index contributed by atoms with van der Waals surface area (Å²) in [7, 11) is 0. The van der Waals surface area contributed by atoms with Gasteiger partial charge in [-0.2, -0.15) is 0 Å². The van der Waals surface area contributed by atoms with Crippen molar-refractivity contribution in [1.82, 2.24) is 5.32 Å². The Morgan fingerprint density at radius 3 is 2.48 bits per heavy atom. The zero-order valence-electron chi connectivity index (χ0n) is 14.5. The number of rotatable bonds is 7. The van der Waals surface area contributed by atoms with Crippen molar-refractivity contribution >= 4 is 6.09 Å². The first-order valence-corrected chi connectivity index (χ1v) is 8.07. The van der Waals surface area contributed by atoms with Crippen LogP contribution in [0.2, 0.25) is 0 Å². The van der Waals surface area contributed by atoms with Crippen LogP contribution in [0.1, 0.15) is 52.5 Å². The molecule has 0 aliphatic heterocycles. The van der Waals surface area contributed by atoms with Crippen molar-refractivity contribution in [2.24, 2.45) is 0 Å². The molecule has 0 saturated carbocycles. The Hall–Kier alpha value is -1.62. The highest BCUT2D eigenvalue weighted by Crippen LogP contribution is 2.31. The zero-order chi connectivity index (χ0) is 17.5. The van der Waals surface area contributed by atoms with E-state index in [1.54, 1.807) is 39.0 Å². The van der Waals surface area contributed by atoms with Crippen LogP contribution in [0.25, 0.3) is 0 Å². The van der Waals surface area contributed by atoms with Gasteiger partial charge in [-0.15, -0.1) is 0 Å². The summed E-state index contributed by atoms with van der Waals surface area (Å²) in [6.07, 6.45) is 1.76. The van der Waals surface area contributed by atoms with E-state index >= 15 is 0 Å². The average molecular weight is 325 g/mol. The van der Waals surface area contributed by atoms with Crippen LogP contribution >= 0.6 is 0 Å². The van der Waals surface area contributed by atoms with Gasteiger partial charge in [0.2, 0.25) is 0 Å². The summed E-state index contributed by atoms with van der Waals surface area (Å²) in [5.41, 5.74) is -1.03. The number of halogens is 1. The Bertz CT molecular complexity index is 513. The lowest BCUT2D eigenvalue weighted by molar-refractivity contribution is 0.0498. The third-order valence-electron chi connectivity index (χ3n) is 3.73. The number of benzene rings is 1. The first kappa shape index (κ1) is 19.4. The Morgan fingerprint density at radius 1 is 1.30 bits per heavy atom. The van der Waals surface area contributed by atoms with Crippen LogP contribution in [0.5, 0.6) is 0 Å². The Balaban J connectivity index is 2.96. The number of carbonyl (C=O) groups is 1. The maximum Gasteiger partial charge on any atom is 0.407 e. The molecule has 5 heteroatoms. The molecule has 23 heavy (non-hydrogen) atoms. The summed E-state index contributed by atoms with van der Waals surface area (Å²) in [5, 5.41) is 12.6. The van der Waals surface area contributed by atoms with E-state index in [9.17, 15) is 14.3 Å². The molecule has 0 aromatic heterocycles. The van der Waals surface area contributed by atoms with E-state index in [0.717, 1.165) is 12.8 Å². The molecule has 1 aromatic carbocycles. The highest BCUT2D eigenvalue weighted by Gasteiger charge is 2.34. The van der Waals surface area contributed by atoms with E-state index < -0.39 is 17.1 Å². The summed E-state index contributed by atoms with van der Waals surface area (Å²) in [5.74, 6) is -0.372. The van der Waals surface area contributed by atoms with Crippen molar-refractivity contribution in [3.63, 3.8) is 0 Å². The minimum atomic E-state index is -0.849. The maximum atomic E-state index is 14.2. The fraction of sp³-hybridized carbons (Fsp3) is 0.611. The van der Waals surface area contributed by atoms with Crippen LogP contribution in [0.15, 0.2) is 24.3 Å². The smallest absolute Gasteiger partial charge is 0.407 e. The van der Waals surface area contributed by atoms with Gasteiger partial charge in [0.15, 0.2) is 0 Å². The summed E-state index contributed by atoms with van der Waals surface area (Å²) in [6.45, 7) is 7.24. The molecule has 2 N–H and O–H groups in total. The van der Waals surface area contributed by atoms with Crippen LogP contribution in [-0.2, 0) is 10.2 Å². The molecular weight excluding hydrogens is 297 g/mol. The molecule has 0 radical (unpaired) electrons. The predicted octanol–water partition coefficient (Wildman–Crippen LogP) is 3.77. The first-order valence-electron chi connectivity index (χ1n) is 8.07. The number of aliphatic hydroxyl groups excluding tert-OH is 1. The summed E-state index contributed by atoms with van der Waals surface area (Å²) in [6, 6.07) is 6.39. The predicted molar refractivity (Wildman–Crippen MR) is 88.9 cm³/mol. The molecule has 1 amide bonds. The molecule has 1 atom stereocenters. The number of aliphatic hydroxyl groups is 1. The van der Waals surface area contributed by atoms with E-state index in [2.05, 4.69) is 5.32 Å². The van der Waals surface area contributed by atoms with Crippen molar-refractivity contribution in [2.75, 3.05) is 13.2 Å². The number of hydrogen-bond acceptors (Lipinski definition) is 3. The van der Waals surface area contributed by atoms with Crippen molar-refractivity contribution < 1.29 is 19.0 Å². The number of carbonyl (C=O) groups excluding carboxylic acids is 1. The topological polar surface area (TPSA) is 58.6 Å². The van der Waals surface area contributed by atoms with E-state index in [0.29, 0.717) is 12.0 Å². The van der Waals surface area contributed by atoms with Crippen LogP contribution < -0.4 is 5.32 Å². The molecule has 0 aliphatic rings. The molecule has 0 spiro atoms. The van der Waals surface area contributed by atoms with Gasteiger partial charge in [0, 0.05) is 12.0 Å². The number of nitrogens with one attached hydrogen (secondary N) is 1. The normalized spacial score (nSPS) is 14.2. The highest BCUT2D eigenvalue weighted by atomic mass is 19.1. The van der Waals surface area contributed by atoms with Crippen molar-refractivity contribution in [1.29, 1.82) is 0 Å². The van der Waals surface area contributed by atoms with Crippen molar-refractivity contribution in [3.05, 3.63) is 35.6 Å². The van der Waals surface area contributed by atoms with Crippen LogP contribution in [0.3, 0.4) is 0 Å². The van der Waals surface area contributed by atoms with Gasteiger partial charge in [-0.05, 0) is 38.8 Å². The maximum absolute atomic E-state index is 14.2. The number of amides is 1. The number of unbranched alkanes of at least 4 members (excludes halogenated alkanes) is 1. The molecule has 1 rings (SSSR count). The highest BCUT2D eigenvalue weighted by molar-refractivity contribution is 5.67. The lowest BCUT2D eigenvalue weighted by atomic mass is 9.76. The lowest BCUT2D eigenvalue weighted by Crippen LogP contribution is -2.45. The molecule has 0 saturated heterocycles. The minimum Gasteiger partial charge on any atom is -0.444 e. The monoisotopic (exact) mass is 325 g/mol. The van der Waals surface area contributed by atoms with Gasteiger partial charge >= 0.3 is 6.09 Å². The second kappa shape index (κ2) is 8.29. The van der Waals surface area contributed by atoms with Gasteiger partial charge in [-0.25, -0.2) is 9.18 Å². The number of ether oxygens (including phenoxy) is 1. The molecule has 4 nitrogen and oxygen atoms in total. The quantitative estimate of drug-likeness (QED) is 0.802. The number of hydrogen-bond donors (Lipinski definition) is 2. The largest absolute Gasteiger partial charge is 0.444 e. The van der Waals surface area contributed by atoms with E-state index in [4.69, 9.17) is 4.74 Å². The molecule has 130 valence electrons. The second-order valence-corrected chi connectivity index (χ2v) is 6.88. The van der Waals surface area contributed by atoms with Gasteiger partial charge in [0.1, 0.15) is 11.4 Å². The molecule has 0 fully saturated rings. The van der Waals surface area contributed by atoms with Gasteiger partial charge in [-0.3, -0.25) is 0 Å². The van der Waals surface area contributed by atoms with E-state index in [1.807, 2.05) is 6.92 Å². The van der Waals surface area contributed by atoms with Crippen molar-refractivity contribution in [2.45, 2.75) is 58.0 Å². The third-order valence-corrected chi connectivity index (χ3v) is 3.73. The standard InChI is InChI=1S/C18H28FNO3/c1-5-6-11-18(13-21,14-9-7-8-10-15(14)19)12-20-16(22)23-17(2,3)4/h7-10,21H,5-6,11-13H2,1-4H3,(H,20,22). The lowest BCUT2D eigenvalue weighted by Gasteiger charge is -2.33. The van der Waals surface area contributed by atoms with Gasteiger partial charge < -0.3 is 15.2 Å². The van der Waals surface area contributed by atoms with Crippen LogP contribution in [0.4, 0.5) is 9.18 Å². The van der Waals surface area contributed by atoms with E-state index in [1.165, 1.54) is 6.07 Å². The van der Waals surface area contributed by atoms with Gasteiger partial charge in [0.25, 0.3) is 0 Å². The zero-order valence-corrected chi connectivity index (χ0v) is 14.5.